The van der Waals surface area contributed by atoms with Crippen LogP contribution in [0.25, 0.3) is 10.8 Å². The molecule has 240 valence electrons. The number of rotatable bonds is 14. The third-order valence-electron chi connectivity index (χ3n) is 9.03. The average Bonchev–Trinajstić information content (AvgIpc) is 3.58. The Morgan fingerprint density at radius 2 is 1.70 bits per heavy atom. The summed E-state index contributed by atoms with van der Waals surface area (Å²) in [6.45, 7) is 0.429. The Bertz CT molecular complexity index is 1650. The van der Waals surface area contributed by atoms with E-state index >= 15 is 0 Å². The third-order valence-corrected chi connectivity index (χ3v) is 9.93. The number of fused-ring (bicyclic) bond motifs is 1. The topological polar surface area (TPSA) is 109 Å². The predicted molar refractivity (Wildman–Crippen MR) is 184 cm³/mol. The maximum atomic E-state index is 14.4. The van der Waals surface area contributed by atoms with E-state index in [1.807, 2.05) is 72.1 Å². The van der Waals surface area contributed by atoms with E-state index < -0.39 is 12.1 Å². The lowest BCUT2D eigenvalue weighted by Gasteiger charge is -2.37. The van der Waals surface area contributed by atoms with Gasteiger partial charge in [0.2, 0.25) is 17.7 Å². The summed E-state index contributed by atoms with van der Waals surface area (Å²) in [4.78, 5) is 49.7. The molecule has 2 heterocycles. The Morgan fingerprint density at radius 3 is 2.39 bits per heavy atom. The van der Waals surface area contributed by atoms with Crippen molar-refractivity contribution in [3.8, 4) is 0 Å². The van der Waals surface area contributed by atoms with E-state index in [0.29, 0.717) is 32.2 Å². The molecule has 3 amide bonds. The number of likely N-dealkylation sites (N-methyl/N-ethyl adjacent to an activating group) is 2. The fraction of sp³-hybridized carbons (Fsp3) is 0.351. The van der Waals surface area contributed by atoms with Gasteiger partial charge in [-0.2, -0.15) is 0 Å². The molecule has 2 atom stereocenters. The number of hydrogen-bond donors (Lipinski definition) is 2. The Labute approximate surface area is 275 Å². The van der Waals surface area contributed by atoms with Crippen LogP contribution in [0.5, 0.6) is 0 Å². The van der Waals surface area contributed by atoms with E-state index in [9.17, 15) is 14.4 Å². The van der Waals surface area contributed by atoms with Gasteiger partial charge in [-0.3, -0.25) is 19.4 Å². The molecule has 1 aliphatic carbocycles. The van der Waals surface area contributed by atoms with E-state index in [1.54, 1.807) is 37.8 Å². The number of carbonyl (C=O) groups is 3. The third kappa shape index (κ3) is 8.47. The van der Waals surface area contributed by atoms with Gasteiger partial charge in [0.1, 0.15) is 12.1 Å². The van der Waals surface area contributed by atoms with Crippen molar-refractivity contribution in [2.75, 3.05) is 20.6 Å². The van der Waals surface area contributed by atoms with Gasteiger partial charge in [0.25, 0.3) is 0 Å². The van der Waals surface area contributed by atoms with Crippen molar-refractivity contribution in [1.82, 2.24) is 20.1 Å². The van der Waals surface area contributed by atoms with Gasteiger partial charge in [0.05, 0.1) is 0 Å². The summed E-state index contributed by atoms with van der Waals surface area (Å²) in [7, 11) is 3.33. The first-order valence-corrected chi connectivity index (χ1v) is 16.8. The molecule has 1 fully saturated rings. The predicted octanol–water partition coefficient (Wildman–Crippen LogP) is 4.92. The summed E-state index contributed by atoms with van der Waals surface area (Å²) in [5.41, 5.74) is 8.13. The Balaban J connectivity index is 1.37. The molecule has 4 aromatic rings. The largest absolute Gasteiger partial charge is 0.354 e. The molecule has 2 aromatic heterocycles. The molecule has 3 N–H and O–H groups in total. The number of benzene rings is 2. The van der Waals surface area contributed by atoms with Crippen LogP contribution in [0.4, 0.5) is 0 Å². The molecule has 9 heteroatoms. The molecule has 0 bridgehead atoms. The molecule has 46 heavy (non-hydrogen) atoms. The lowest BCUT2D eigenvalue weighted by Crippen LogP contribution is -2.56. The summed E-state index contributed by atoms with van der Waals surface area (Å²) in [5.74, 6) is -0.796. The minimum atomic E-state index is -0.825. The Morgan fingerprint density at radius 1 is 0.935 bits per heavy atom. The van der Waals surface area contributed by atoms with E-state index in [-0.39, 0.29) is 23.3 Å². The standard InChI is InChI=1S/C37H43N5O3S/c1-41(34(43)11-5-17-37(38)18-7-19-37)33(25-28-12-13-29-8-3-4-9-30(29)24-28)36(45)42(2)32(26-31-10-6-23-46-31)35(44)40-22-16-27-14-20-39-21-15-27/h3-6,8-15,20-21,23-24,32-33H,7,16-19,22,25-26,38H2,1-2H3,(H,40,44)/b11-5+. The zero-order valence-electron chi connectivity index (χ0n) is 26.6. The van der Waals surface area contributed by atoms with Crippen molar-refractivity contribution in [2.45, 2.75) is 62.6 Å². The first-order valence-electron chi connectivity index (χ1n) is 15.9. The summed E-state index contributed by atoms with van der Waals surface area (Å²) < 4.78 is 0. The lowest BCUT2D eigenvalue weighted by molar-refractivity contribution is -0.146. The Hall–Kier alpha value is -4.34. The fourth-order valence-corrected chi connectivity index (χ4v) is 6.63. The van der Waals surface area contributed by atoms with Crippen molar-refractivity contribution >= 4 is 39.8 Å². The van der Waals surface area contributed by atoms with E-state index in [4.69, 9.17) is 5.73 Å². The maximum Gasteiger partial charge on any atom is 0.246 e. The van der Waals surface area contributed by atoms with Crippen LogP contribution in [0.15, 0.2) is 96.7 Å². The monoisotopic (exact) mass is 637 g/mol. The highest BCUT2D eigenvalue weighted by Gasteiger charge is 2.35. The van der Waals surface area contributed by atoms with Crippen LogP contribution in [0.1, 0.15) is 41.7 Å². The van der Waals surface area contributed by atoms with Crippen molar-refractivity contribution in [1.29, 1.82) is 0 Å². The average molecular weight is 638 g/mol. The molecule has 1 saturated carbocycles. The van der Waals surface area contributed by atoms with Gasteiger partial charge in [-0.1, -0.05) is 54.6 Å². The number of nitrogens with zero attached hydrogens (tertiary/aromatic N) is 3. The van der Waals surface area contributed by atoms with Gasteiger partial charge in [-0.15, -0.1) is 11.3 Å². The minimum absolute atomic E-state index is 0.231. The highest BCUT2D eigenvalue weighted by Crippen LogP contribution is 2.32. The van der Waals surface area contributed by atoms with Crippen LogP contribution < -0.4 is 11.1 Å². The minimum Gasteiger partial charge on any atom is -0.354 e. The first kappa shape index (κ1) is 33.0. The lowest BCUT2D eigenvalue weighted by atomic mass is 9.75. The molecule has 8 nitrogen and oxygen atoms in total. The second-order valence-corrected chi connectivity index (χ2v) is 13.4. The van der Waals surface area contributed by atoms with E-state index in [1.165, 1.54) is 15.9 Å². The quantitative estimate of drug-likeness (QED) is 0.191. The molecule has 0 saturated heterocycles. The van der Waals surface area contributed by atoms with Gasteiger partial charge >= 0.3 is 0 Å². The van der Waals surface area contributed by atoms with Crippen molar-refractivity contribution in [3.05, 3.63) is 113 Å². The molecule has 2 aromatic carbocycles. The molecule has 0 aliphatic heterocycles. The van der Waals surface area contributed by atoms with Gasteiger partial charge < -0.3 is 20.9 Å². The number of hydrogen-bond acceptors (Lipinski definition) is 6. The van der Waals surface area contributed by atoms with Crippen LogP contribution in [0.3, 0.4) is 0 Å². The smallest absolute Gasteiger partial charge is 0.246 e. The van der Waals surface area contributed by atoms with Gasteiger partial charge in [-0.25, -0.2) is 0 Å². The van der Waals surface area contributed by atoms with Crippen LogP contribution in [0, 0.1) is 0 Å². The number of carbonyl (C=O) groups excluding carboxylic acids is 3. The van der Waals surface area contributed by atoms with E-state index in [2.05, 4.69) is 16.4 Å². The Kier molecular flexibility index (Phi) is 11.0. The summed E-state index contributed by atoms with van der Waals surface area (Å²) in [5, 5.41) is 7.17. The van der Waals surface area contributed by atoms with Gasteiger partial charge in [-0.05, 0) is 83.7 Å². The molecule has 1 aliphatic rings. The van der Waals surface area contributed by atoms with Crippen molar-refractivity contribution in [2.24, 2.45) is 5.73 Å². The number of nitrogens with two attached hydrogens (primary N) is 1. The molecular formula is C37H43N5O3S. The van der Waals surface area contributed by atoms with Crippen LogP contribution in [-0.2, 0) is 33.6 Å². The number of amides is 3. The molecular weight excluding hydrogens is 595 g/mol. The molecule has 2 unspecified atom stereocenters. The summed E-state index contributed by atoms with van der Waals surface area (Å²) >= 11 is 1.55. The summed E-state index contributed by atoms with van der Waals surface area (Å²) in [6.07, 6.45) is 11.8. The number of pyridine rings is 1. The second-order valence-electron chi connectivity index (χ2n) is 12.3. The number of thiophene rings is 1. The molecule has 0 spiro atoms. The van der Waals surface area contributed by atoms with Crippen molar-refractivity contribution in [3.63, 3.8) is 0 Å². The normalized spacial score (nSPS) is 15.2. The van der Waals surface area contributed by atoms with Crippen LogP contribution >= 0.6 is 11.3 Å². The highest BCUT2D eigenvalue weighted by atomic mass is 32.1. The van der Waals surface area contributed by atoms with E-state index in [0.717, 1.165) is 46.0 Å². The molecule has 0 radical (unpaired) electrons. The zero-order chi connectivity index (χ0) is 32.5. The van der Waals surface area contributed by atoms with Gasteiger partial charge in [0.15, 0.2) is 0 Å². The maximum absolute atomic E-state index is 14.4. The fourth-order valence-electron chi connectivity index (χ4n) is 5.89. The zero-order valence-corrected chi connectivity index (χ0v) is 27.4. The number of nitrogens with one attached hydrogen (secondary N) is 1. The highest BCUT2D eigenvalue weighted by molar-refractivity contribution is 7.09. The van der Waals surface area contributed by atoms with Gasteiger partial charge in [0, 0.05) is 56.3 Å². The first-order chi connectivity index (χ1) is 22.2. The SMILES string of the molecule is CN(C(=O)/C=C/CC1(N)CCC1)C(Cc1ccc2ccccc2c1)C(=O)N(C)C(Cc1cccs1)C(=O)NCCc1ccncc1. The van der Waals surface area contributed by atoms with Crippen molar-refractivity contribution < 1.29 is 14.4 Å². The summed E-state index contributed by atoms with van der Waals surface area (Å²) in [6, 6.07) is 20.3. The number of aromatic nitrogens is 1. The van der Waals surface area contributed by atoms with Crippen LogP contribution in [0.2, 0.25) is 0 Å². The van der Waals surface area contributed by atoms with Crippen LogP contribution in [-0.4, -0.2) is 70.8 Å². The second kappa shape index (κ2) is 15.3. The molecule has 5 rings (SSSR count).